The van der Waals surface area contributed by atoms with Crippen LogP contribution in [0, 0.1) is 0 Å². The van der Waals surface area contributed by atoms with Crippen molar-refractivity contribution in [2.24, 2.45) is 0 Å². The molecule has 2 rings (SSSR count). The van der Waals surface area contributed by atoms with Crippen molar-refractivity contribution >= 4 is 5.97 Å². The van der Waals surface area contributed by atoms with E-state index in [1.807, 2.05) is 24.3 Å². The second kappa shape index (κ2) is 6.17. The Bertz CT molecular complexity index is 562. The third-order valence-electron chi connectivity index (χ3n) is 2.76. The van der Waals surface area contributed by atoms with E-state index in [1.165, 1.54) is 6.26 Å². The summed E-state index contributed by atoms with van der Waals surface area (Å²) in [6.45, 7) is 1.03. The van der Waals surface area contributed by atoms with E-state index >= 15 is 0 Å². The van der Waals surface area contributed by atoms with Gasteiger partial charge in [0.25, 0.3) is 0 Å². The van der Waals surface area contributed by atoms with Gasteiger partial charge in [0.05, 0.1) is 12.9 Å². The van der Waals surface area contributed by atoms with Gasteiger partial charge in [0.2, 0.25) is 5.76 Å². The van der Waals surface area contributed by atoms with Crippen molar-refractivity contribution in [2.45, 2.75) is 19.7 Å². The number of nitrogens with one attached hydrogen (secondary N) is 1. The standard InChI is InChI=1S/C14H15NO4/c16-9-11-3-1-2-10(6-11)7-15-8-12-4-5-19-13(12)14(17)18/h1-6,15-16H,7-9H2,(H,17,18). The highest BCUT2D eigenvalue weighted by atomic mass is 16.4. The van der Waals surface area contributed by atoms with Crippen molar-refractivity contribution in [3.05, 3.63) is 59.0 Å². The van der Waals surface area contributed by atoms with Crippen molar-refractivity contribution in [1.82, 2.24) is 5.32 Å². The Morgan fingerprint density at radius 1 is 1.21 bits per heavy atom. The van der Waals surface area contributed by atoms with Gasteiger partial charge in [-0.15, -0.1) is 0 Å². The highest BCUT2D eigenvalue weighted by Crippen LogP contribution is 2.11. The molecule has 0 saturated heterocycles. The molecule has 0 radical (unpaired) electrons. The number of carboxylic acids is 1. The summed E-state index contributed by atoms with van der Waals surface area (Å²) in [6, 6.07) is 9.21. The fourth-order valence-corrected chi connectivity index (χ4v) is 1.84. The molecular formula is C14H15NO4. The highest BCUT2D eigenvalue weighted by Gasteiger charge is 2.12. The number of aliphatic hydroxyl groups is 1. The number of aliphatic hydroxyl groups excluding tert-OH is 1. The predicted molar refractivity (Wildman–Crippen MR) is 68.6 cm³/mol. The minimum atomic E-state index is -1.07. The van der Waals surface area contributed by atoms with Crippen LogP contribution in [-0.2, 0) is 19.7 Å². The van der Waals surface area contributed by atoms with E-state index in [0.717, 1.165) is 11.1 Å². The number of hydrogen-bond donors (Lipinski definition) is 3. The molecule has 0 saturated carbocycles. The average molecular weight is 261 g/mol. The summed E-state index contributed by atoms with van der Waals surface area (Å²) in [6.07, 6.45) is 1.37. The number of hydrogen-bond acceptors (Lipinski definition) is 4. The molecular weight excluding hydrogens is 246 g/mol. The van der Waals surface area contributed by atoms with Gasteiger partial charge in [-0.25, -0.2) is 4.79 Å². The molecule has 0 aliphatic heterocycles. The first kappa shape index (κ1) is 13.3. The van der Waals surface area contributed by atoms with Crippen LogP contribution in [0.25, 0.3) is 0 Å². The van der Waals surface area contributed by atoms with Gasteiger partial charge in [-0.2, -0.15) is 0 Å². The zero-order valence-electron chi connectivity index (χ0n) is 10.3. The largest absolute Gasteiger partial charge is 0.475 e. The Balaban J connectivity index is 1.92. The van der Waals surface area contributed by atoms with Gasteiger partial charge in [0, 0.05) is 18.7 Å². The van der Waals surface area contributed by atoms with Crippen LogP contribution >= 0.6 is 0 Å². The van der Waals surface area contributed by atoms with Gasteiger partial charge < -0.3 is 19.9 Å². The number of carboxylic acid groups (broad SMARTS) is 1. The fraction of sp³-hybridized carbons (Fsp3) is 0.214. The van der Waals surface area contributed by atoms with Gasteiger partial charge in [0.1, 0.15) is 0 Å². The molecule has 3 N–H and O–H groups in total. The maximum atomic E-state index is 10.9. The summed E-state index contributed by atoms with van der Waals surface area (Å²) < 4.78 is 4.89. The van der Waals surface area contributed by atoms with Crippen molar-refractivity contribution in [2.75, 3.05) is 0 Å². The summed E-state index contributed by atoms with van der Waals surface area (Å²) >= 11 is 0. The van der Waals surface area contributed by atoms with E-state index in [4.69, 9.17) is 14.6 Å². The number of carbonyl (C=O) groups is 1. The number of benzene rings is 1. The minimum absolute atomic E-state index is 0.0126. The van der Waals surface area contributed by atoms with E-state index in [0.29, 0.717) is 18.7 Å². The summed E-state index contributed by atoms with van der Waals surface area (Å²) in [4.78, 5) is 10.9. The van der Waals surface area contributed by atoms with Crippen LogP contribution in [-0.4, -0.2) is 16.2 Å². The molecule has 0 atom stereocenters. The first-order valence-corrected chi connectivity index (χ1v) is 5.89. The Hall–Kier alpha value is -2.11. The van der Waals surface area contributed by atoms with E-state index in [1.54, 1.807) is 6.07 Å². The van der Waals surface area contributed by atoms with Gasteiger partial charge in [-0.3, -0.25) is 0 Å². The van der Waals surface area contributed by atoms with Crippen molar-refractivity contribution in [1.29, 1.82) is 0 Å². The third kappa shape index (κ3) is 3.43. The Morgan fingerprint density at radius 3 is 2.74 bits per heavy atom. The normalized spacial score (nSPS) is 10.6. The molecule has 5 heteroatoms. The number of rotatable bonds is 6. The van der Waals surface area contributed by atoms with Crippen molar-refractivity contribution in [3.8, 4) is 0 Å². The lowest BCUT2D eigenvalue weighted by molar-refractivity contribution is 0.0660. The third-order valence-corrected chi connectivity index (χ3v) is 2.76. The molecule has 0 amide bonds. The Morgan fingerprint density at radius 2 is 2.00 bits per heavy atom. The summed E-state index contributed by atoms with van der Waals surface area (Å²) in [7, 11) is 0. The summed E-state index contributed by atoms with van der Waals surface area (Å²) in [5.74, 6) is -1.10. The Labute approximate surface area is 110 Å². The predicted octanol–water partition coefficient (Wildman–Crippen LogP) is 1.76. The van der Waals surface area contributed by atoms with E-state index in [9.17, 15) is 4.79 Å². The zero-order chi connectivity index (χ0) is 13.7. The molecule has 5 nitrogen and oxygen atoms in total. The molecule has 0 unspecified atom stereocenters. The van der Waals surface area contributed by atoms with Gasteiger partial charge in [0.15, 0.2) is 0 Å². The monoisotopic (exact) mass is 261 g/mol. The second-order valence-electron chi connectivity index (χ2n) is 4.16. The smallest absolute Gasteiger partial charge is 0.372 e. The molecule has 19 heavy (non-hydrogen) atoms. The molecule has 1 aromatic carbocycles. The van der Waals surface area contributed by atoms with E-state index in [-0.39, 0.29) is 12.4 Å². The van der Waals surface area contributed by atoms with Crippen LogP contribution < -0.4 is 5.32 Å². The van der Waals surface area contributed by atoms with Crippen LogP contribution in [0.3, 0.4) is 0 Å². The zero-order valence-corrected chi connectivity index (χ0v) is 10.3. The van der Waals surface area contributed by atoms with E-state index < -0.39 is 5.97 Å². The van der Waals surface area contributed by atoms with Gasteiger partial charge in [-0.1, -0.05) is 24.3 Å². The molecule has 0 aliphatic rings. The SMILES string of the molecule is O=C(O)c1occc1CNCc1cccc(CO)c1. The lowest BCUT2D eigenvalue weighted by atomic mass is 10.1. The number of aromatic carboxylic acids is 1. The minimum Gasteiger partial charge on any atom is -0.475 e. The first-order chi connectivity index (χ1) is 9.20. The van der Waals surface area contributed by atoms with Crippen LogP contribution in [0.2, 0.25) is 0 Å². The maximum absolute atomic E-state index is 10.9. The molecule has 1 aromatic heterocycles. The molecule has 2 aromatic rings. The summed E-state index contributed by atoms with van der Waals surface area (Å²) in [5.41, 5.74) is 2.51. The molecule has 1 heterocycles. The van der Waals surface area contributed by atoms with E-state index in [2.05, 4.69) is 5.32 Å². The van der Waals surface area contributed by atoms with Crippen LogP contribution in [0.1, 0.15) is 27.2 Å². The second-order valence-corrected chi connectivity index (χ2v) is 4.16. The van der Waals surface area contributed by atoms with Crippen LogP contribution in [0.5, 0.6) is 0 Å². The van der Waals surface area contributed by atoms with Crippen LogP contribution in [0.4, 0.5) is 0 Å². The molecule has 0 spiro atoms. The highest BCUT2D eigenvalue weighted by molar-refractivity contribution is 5.86. The summed E-state index contributed by atoms with van der Waals surface area (Å²) in [5, 5.41) is 21.1. The fourth-order valence-electron chi connectivity index (χ4n) is 1.84. The van der Waals surface area contributed by atoms with Crippen LogP contribution in [0.15, 0.2) is 41.0 Å². The maximum Gasteiger partial charge on any atom is 0.372 e. The molecule has 0 bridgehead atoms. The molecule has 0 aliphatic carbocycles. The Kier molecular flexibility index (Phi) is 4.33. The topological polar surface area (TPSA) is 82.7 Å². The average Bonchev–Trinajstić information content (AvgIpc) is 2.87. The lowest BCUT2D eigenvalue weighted by Gasteiger charge is -2.05. The van der Waals surface area contributed by atoms with Crippen molar-refractivity contribution in [3.63, 3.8) is 0 Å². The quantitative estimate of drug-likeness (QED) is 0.738. The lowest BCUT2D eigenvalue weighted by Crippen LogP contribution is -2.14. The first-order valence-electron chi connectivity index (χ1n) is 5.89. The molecule has 100 valence electrons. The number of furan rings is 1. The van der Waals surface area contributed by atoms with Gasteiger partial charge >= 0.3 is 5.97 Å². The molecule has 0 fully saturated rings. The van der Waals surface area contributed by atoms with Crippen molar-refractivity contribution < 1.29 is 19.4 Å². The van der Waals surface area contributed by atoms with Gasteiger partial charge in [-0.05, 0) is 17.2 Å².